The topological polar surface area (TPSA) is 78.4 Å². The van der Waals surface area contributed by atoms with Crippen LogP contribution in [0.5, 0.6) is 0 Å². The largest absolute Gasteiger partial charge is 0.480 e. The summed E-state index contributed by atoms with van der Waals surface area (Å²) in [5.74, 6) is -1.00. The maximum atomic E-state index is 11.6. The summed E-state index contributed by atoms with van der Waals surface area (Å²) in [6.07, 6.45) is 4.97. The van der Waals surface area contributed by atoms with Crippen molar-refractivity contribution in [3.63, 3.8) is 0 Å². The smallest absolute Gasteiger partial charge is 0.326 e. The van der Waals surface area contributed by atoms with E-state index in [0.717, 1.165) is 12.8 Å². The van der Waals surface area contributed by atoms with Gasteiger partial charge in [0.25, 0.3) is 0 Å². The Morgan fingerprint density at radius 3 is 2.32 bits per heavy atom. The SMILES string of the molecule is CCCCCC(C)(C)CNC(=O)NC(CC)C(=O)O. The molecule has 0 aromatic heterocycles. The Kier molecular flexibility index (Phi) is 8.19. The van der Waals surface area contributed by atoms with Gasteiger partial charge in [0.2, 0.25) is 0 Å². The summed E-state index contributed by atoms with van der Waals surface area (Å²) in [4.78, 5) is 22.4. The average Bonchev–Trinajstić information content (AvgIpc) is 2.33. The van der Waals surface area contributed by atoms with Crippen molar-refractivity contribution in [2.75, 3.05) is 6.54 Å². The maximum Gasteiger partial charge on any atom is 0.326 e. The van der Waals surface area contributed by atoms with Crippen LogP contribution in [0.3, 0.4) is 0 Å². The molecule has 0 radical (unpaired) electrons. The first-order chi connectivity index (χ1) is 8.82. The summed E-state index contributed by atoms with van der Waals surface area (Å²) in [5, 5.41) is 14.1. The number of carboxylic acids is 1. The fourth-order valence-corrected chi connectivity index (χ4v) is 1.81. The molecule has 2 amide bonds. The van der Waals surface area contributed by atoms with Gasteiger partial charge in [0, 0.05) is 6.54 Å². The van der Waals surface area contributed by atoms with Gasteiger partial charge < -0.3 is 15.7 Å². The predicted molar refractivity (Wildman–Crippen MR) is 76.2 cm³/mol. The fraction of sp³-hybridized carbons (Fsp3) is 0.857. The Labute approximate surface area is 116 Å². The normalized spacial score (nSPS) is 12.8. The Hall–Kier alpha value is -1.26. The van der Waals surface area contributed by atoms with Crippen LogP contribution >= 0.6 is 0 Å². The third-order valence-corrected chi connectivity index (χ3v) is 3.20. The summed E-state index contributed by atoms with van der Waals surface area (Å²) in [7, 11) is 0. The second-order valence-corrected chi connectivity index (χ2v) is 5.75. The molecule has 0 spiro atoms. The maximum absolute atomic E-state index is 11.6. The fourth-order valence-electron chi connectivity index (χ4n) is 1.81. The first-order valence-electron chi connectivity index (χ1n) is 7.09. The zero-order valence-corrected chi connectivity index (χ0v) is 12.6. The van der Waals surface area contributed by atoms with Crippen molar-refractivity contribution in [3.8, 4) is 0 Å². The van der Waals surface area contributed by atoms with E-state index < -0.39 is 18.0 Å². The predicted octanol–water partition coefficient (Wildman–Crippen LogP) is 2.76. The molecular formula is C14H28N2O3. The standard InChI is InChI=1S/C14H28N2O3/c1-5-7-8-9-14(3,4)10-15-13(19)16-11(6-2)12(17)18/h11H,5-10H2,1-4H3,(H,17,18)(H2,15,16,19). The molecule has 0 aliphatic carbocycles. The molecule has 112 valence electrons. The first-order valence-corrected chi connectivity index (χ1v) is 7.09. The van der Waals surface area contributed by atoms with E-state index >= 15 is 0 Å². The number of rotatable bonds is 9. The van der Waals surface area contributed by atoms with Crippen LogP contribution in [0.25, 0.3) is 0 Å². The molecule has 0 aliphatic rings. The van der Waals surface area contributed by atoms with Gasteiger partial charge in [-0.05, 0) is 18.3 Å². The lowest BCUT2D eigenvalue weighted by molar-refractivity contribution is -0.139. The molecule has 0 fully saturated rings. The van der Waals surface area contributed by atoms with Crippen molar-refractivity contribution < 1.29 is 14.7 Å². The van der Waals surface area contributed by atoms with Crippen LogP contribution in [0.2, 0.25) is 0 Å². The lowest BCUT2D eigenvalue weighted by atomic mass is 9.87. The molecule has 5 heteroatoms. The highest BCUT2D eigenvalue weighted by Crippen LogP contribution is 2.22. The van der Waals surface area contributed by atoms with Gasteiger partial charge in [0.1, 0.15) is 6.04 Å². The highest BCUT2D eigenvalue weighted by atomic mass is 16.4. The molecule has 0 rings (SSSR count). The quantitative estimate of drug-likeness (QED) is 0.565. The number of amides is 2. The van der Waals surface area contributed by atoms with Crippen molar-refractivity contribution in [2.24, 2.45) is 5.41 Å². The molecule has 0 aromatic rings. The second-order valence-electron chi connectivity index (χ2n) is 5.75. The summed E-state index contributed by atoms with van der Waals surface area (Å²) in [6.45, 7) is 8.66. The van der Waals surface area contributed by atoms with Gasteiger partial charge in [0.15, 0.2) is 0 Å². The third-order valence-electron chi connectivity index (χ3n) is 3.20. The Morgan fingerprint density at radius 1 is 1.21 bits per heavy atom. The number of hydrogen-bond acceptors (Lipinski definition) is 2. The van der Waals surface area contributed by atoms with Gasteiger partial charge in [-0.3, -0.25) is 0 Å². The van der Waals surface area contributed by atoms with E-state index in [1.807, 2.05) is 0 Å². The minimum absolute atomic E-state index is 0.0391. The molecular weight excluding hydrogens is 244 g/mol. The molecule has 0 aromatic carbocycles. The van der Waals surface area contributed by atoms with E-state index in [4.69, 9.17) is 5.11 Å². The van der Waals surface area contributed by atoms with Gasteiger partial charge in [0.05, 0.1) is 0 Å². The summed E-state index contributed by atoms with van der Waals surface area (Å²) in [6, 6.07) is -1.22. The van der Waals surface area contributed by atoms with Crippen LogP contribution in [0.1, 0.15) is 59.8 Å². The number of unbranched alkanes of at least 4 members (excludes halogenated alkanes) is 2. The van der Waals surface area contributed by atoms with Gasteiger partial charge in [-0.1, -0.05) is 47.0 Å². The number of aliphatic carboxylic acids is 1. The van der Waals surface area contributed by atoms with Crippen molar-refractivity contribution in [1.29, 1.82) is 0 Å². The number of carboxylic acid groups (broad SMARTS) is 1. The average molecular weight is 272 g/mol. The van der Waals surface area contributed by atoms with E-state index in [0.29, 0.717) is 13.0 Å². The first kappa shape index (κ1) is 17.7. The van der Waals surface area contributed by atoms with E-state index in [1.54, 1.807) is 6.92 Å². The zero-order valence-electron chi connectivity index (χ0n) is 12.6. The van der Waals surface area contributed by atoms with Gasteiger partial charge in [-0.2, -0.15) is 0 Å². The number of urea groups is 1. The summed E-state index contributed by atoms with van der Waals surface area (Å²) in [5.41, 5.74) is 0.0391. The summed E-state index contributed by atoms with van der Waals surface area (Å²) >= 11 is 0. The molecule has 0 saturated carbocycles. The van der Waals surface area contributed by atoms with Crippen molar-refractivity contribution >= 4 is 12.0 Å². The minimum Gasteiger partial charge on any atom is -0.480 e. The summed E-state index contributed by atoms with van der Waals surface area (Å²) < 4.78 is 0. The molecule has 19 heavy (non-hydrogen) atoms. The van der Waals surface area contributed by atoms with E-state index in [9.17, 15) is 9.59 Å². The lowest BCUT2D eigenvalue weighted by Gasteiger charge is -2.25. The molecule has 1 atom stereocenters. The highest BCUT2D eigenvalue weighted by molar-refractivity contribution is 5.82. The molecule has 3 N–H and O–H groups in total. The molecule has 0 aliphatic heterocycles. The number of nitrogens with one attached hydrogen (secondary N) is 2. The molecule has 5 nitrogen and oxygen atoms in total. The molecule has 0 heterocycles. The van der Waals surface area contributed by atoms with Gasteiger partial charge in [-0.15, -0.1) is 0 Å². The Bertz CT molecular complexity index is 290. The van der Waals surface area contributed by atoms with Crippen molar-refractivity contribution in [2.45, 2.75) is 65.8 Å². The van der Waals surface area contributed by atoms with Crippen molar-refractivity contribution in [3.05, 3.63) is 0 Å². The third kappa shape index (κ3) is 8.46. The lowest BCUT2D eigenvalue weighted by Crippen LogP contribution is -2.47. The van der Waals surface area contributed by atoms with Crippen LogP contribution in [0, 0.1) is 5.41 Å². The molecule has 0 bridgehead atoms. The second kappa shape index (κ2) is 8.77. The zero-order chi connectivity index (χ0) is 14.9. The van der Waals surface area contributed by atoms with Crippen LogP contribution < -0.4 is 10.6 Å². The Morgan fingerprint density at radius 2 is 1.84 bits per heavy atom. The highest BCUT2D eigenvalue weighted by Gasteiger charge is 2.21. The minimum atomic E-state index is -1.00. The number of carbonyl (C=O) groups excluding carboxylic acids is 1. The molecule has 0 saturated heterocycles. The van der Waals surface area contributed by atoms with Crippen LogP contribution in [-0.2, 0) is 4.79 Å². The van der Waals surface area contributed by atoms with Gasteiger partial charge in [-0.25, -0.2) is 9.59 Å². The number of carbonyl (C=O) groups is 2. The monoisotopic (exact) mass is 272 g/mol. The molecule has 1 unspecified atom stereocenters. The Balaban J connectivity index is 4.03. The van der Waals surface area contributed by atoms with Crippen molar-refractivity contribution in [1.82, 2.24) is 10.6 Å². The van der Waals surface area contributed by atoms with Crippen LogP contribution in [0.15, 0.2) is 0 Å². The van der Waals surface area contributed by atoms with Crippen LogP contribution in [-0.4, -0.2) is 29.7 Å². The van der Waals surface area contributed by atoms with E-state index in [-0.39, 0.29) is 5.41 Å². The number of hydrogen-bond donors (Lipinski definition) is 3. The van der Waals surface area contributed by atoms with E-state index in [2.05, 4.69) is 31.4 Å². The van der Waals surface area contributed by atoms with Crippen LogP contribution in [0.4, 0.5) is 4.79 Å². The van der Waals surface area contributed by atoms with Gasteiger partial charge >= 0.3 is 12.0 Å². The van der Waals surface area contributed by atoms with E-state index in [1.165, 1.54) is 12.8 Å².